The van der Waals surface area contributed by atoms with Gasteiger partial charge >= 0.3 is 6.18 Å². The molecule has 0 atom stereocenters. The maximum Gasteiger partial charge on any atom is 0.390 e. The van der Waals surface area contributed by atoms with Gasteiger partial charge in [-0.25, -0.2) is 9.37 Å². The summed E-state index contributed by atoms with van der Waals surface area (Å²) >= 11 is 1.19. The zero-order valence-electron chi connectivity index (χ0n) is 12.7. The highest BCUT2D eigenvalue weighted by Crippen LogP contribution is 2.25. The predicted molar refractivity (Wildman–Crippen MR) is 84.3 cm³/mol. The lowest BCUT2D eigenvalue weighted by molar-refractivity contribution is -0.138. The molecule has 0 saturated heterocycles. The zero-order chi connectivity index (χ0) is 17.7. The van der Waals surface area contributed by atoms with Crippen molar-refractivity contribution in [1.82, 2.24) is 9.88 Å². The number of halogens is 4. The first-order valence-corrected chi connectivity index (χ1v) is 7.87. The van der Waals surface area contributed by atoms with E-state index in [1.165, 1.54) is 35.4 Å². The molecule has 0 aliphatic carbocycles. The zero-order valence-corrected chi connectivity index (χ0v) is 13.5. The Hall–Kier alpha value is -2.00. The molecule has 0 aliphatic heterocycles. The van der Waals surface area contributed by atoms with Crippen molar-refractivity contribution < 1.29 is 22.4 Å². The lowest BCUT2D eigenvalue weighted by atomic mass is 10.2. The van der Waals surface area contributed by atoms with Gasteiger partial charge in [0, 0.05) is 17.5 Å². The van der Waals surface area contributed by atoms with Gasteiger partial charge in [0.25, 0.3) is 0 Å². The molecular formula is C15H15F4N3OS. The second kappa shape index (κ2) is 7.71. The van der Waals surface area contributed by atoms with E-state index in [2.05, 4.69) is 10.3 Å². The van der Waals surface area contributed by atoms with E-state index in [1.54, 1.807) is 17.5 Å². The molecule has 1 heterocycles. The number of alkyl halides is 3. The van der Waals surface area contributed by atoms with E-state index in [0.29, 0.717) is 16.4 Å². The standard InChI is InChI=1S/C15H15F4N3OS/c1-22(7-6-15(17,18)19)8-13(23)21-14-20-12(9-24-14)10-2-4-11(16)5-3-10/h2-5,9H,6-8H2,1H3,(H,20,21,23). The smallest absolute Gasteiger partial charge is 0.301 e. The molecule has 24 heavy (non-hydrogen) atoms. The van der Waals surface area contributed by atoms with E-state index >= 15 is 0 Å². The maximum absolute atomic E-state index is 12.9. The van der Waals surface area contributed by atoms with E-state index < -0.39 is 18.5 Å². The average molecular weight is 361 g/mol. The third-order valence-corrected chi connectivity index (χ3v) is 3.84. The molecule has 0 fully saturated rings. The number of thiazole rings is 1. The third kappa shape index (κ3) is 5.89. The van der Waals surface area contributed by atoms with Gasteiger partial charge in [-0.1, -0.05) is 0 Å². The molecule has 0 unspecified atom stereocenters. The highest BCUT2D eigenvalue weighted by Gasteiger charge is 2.27. The number of benzene rings is 1. The largest absolute Gasteiger partial charge is 0.390 e. The summed E-state index contributed by atoms with van der Waals surface area (Å²) < 4.78 is 49.3. The molecule has 0 saturated carbocycles. The summed E-state index contributed by atoms with van der Waals surface area (Å²) in [5, 5.41) is 4.58. The van der Waals surface area contributed by atoms with Crippen LogP contribution in [0.2, 0.25) is 0 Å². The van der Waals surface area contributed by atoms with Crippen molar-refractivity contribution in [2.45, 2.75) is 12.6 Å². The Kier molecular flexibility index (Phi) is 5.89. The van der Waals surface area contributed by atoms with Gasteiger partial charge in [0.2, 0.25) is 5.91 Å². The molecule has 1 N–H and O–H groups in total. The molecule has 9 heteroatoms. The summed E-state index contributed by atoms with van der Waals surface area (Å²) in [5.41, 5.74) is 1.29. The first-order valence-electron chi connectivity index (χ1n) is 6.99. The minimum absolute atomic E-state index is 0.165. The normalized spacial score (nSPS) is 11.8. The average Bonchev–Trinajstić information content (AvgIpc) is 2.93. The monoisotopic (exact) mass is 361 g/mol. The van der Waals surface area contributed by atoms with Crippen molar-refractivity contribution in [2.24, 2.45) is 0 Å². The second-order valence-electron chi connectivity index (χ2n) is 5.20. The fourth-order valence-electron chi connectivity index (χ4n) is 1.89. The molecule has 0 bridgehead atoms. The van der Waals surface area contributed by atoms with Gasteiger partial charge in [0.1, 0.15) is 5.82 Å². The van der Waals surface area contributed by atoms with Crippen LogP contribution < -0.4 is 5.32 Å². The quantitative estimate of drug-likeness (QED) is 0.797. The summed E-state index contributed by atoms with van der Waals surface area (Å²) in [5.74, 6) is -0.802. The van der Waals surface area contributed by atoms with Crippen LogP contribution in [0.4, 0.5) is 22.7 Å². The van der Waals surface area contributed by atoms with Crippen molar-refractivity contribution in [2.75, 3.05) is 25.5 Å². The molecule has 130 valence electrons. The summed E-state index contributed by atoms with van der Waals surface area (Å²) in [6.45, 7) is -0.419. The Morgan fingerprint density at radius 3 is 2.58 bits per heavy atom. The fourth-order valence-corrected chi connectivity index (χ4v) is 2.62. The van der Waals surface area contributed by atoms with Gasteiger partial charge in [-0.2, -0.15) is 13.2 Å². The number of carbonyl (C=O) groups is 1. The lowest BCUT2D eigenvalue weighted by Gasteiger charge is -2.16. The molecular weight excluding hydrogens is 346 g/mol. The van der Waals surface area contributed by atoms with E-state index in [1.807, 2.05) is 0 Å². The van der Waals surface area contributed by atoms with E-state index in [-0.39, 0.29) is 18.9 Å². The second-order valence-corrected chi connectivity index (χ2v) is 6.05. The summed E-state index contributed by atoms with van der Waals surface area (Å²) in [7, 11) is 1.44. The summed E-state index contributed by atoms with van der Waals surface area (Å²) in [4.78, 5) is 17.3. The van der Waals surface area contributed by atoms with Crippen LogP contribution in [-0.2, 0) is 4.79 Å². The van der Waals surface area contributed by atoms with Crippen LogP contribution in [0.15, 0.2) is 29.6 Å². The molecule has 0 radical (unpaired) electrons. The molecule has 1 aromatic heterocycles. The first-order chi connectivity index (χ1) is 11.2. The van der Waals surface area contributed by atoms with Gasteiger partial charge in [-0.05, 0) is 31.3 Å². The number of carbonyl (C=O) groups excluding carboxylic acids is 1. The Labute approximate surface area is 140 Å². The Bertz CT molecular complexity index is 685. The Balaban J connectivity index is 1.87. The Morgan fingerprint density at radius 1 is 1.29 bits per heavy atom. The molecule has 2 aromatic rings. The van der Waals surface area contributed by atoms with Gasteiger partial charge in [0.15, 0.2) is 5.13 Å². The van der Waals surface area contributed by atoms with Gasteiger partial charge in [-0.3, -0.25) is 9.69 Å². The number of aromatic nitrogens is 1. The summed E-state index contributed by atoms with van der Waals surface area (Å²) in [6.07, 6.45) is -5.22. The van der Waals surface area contributed by atoms with Crippen molar-refractivity contribution in [3.8, 4) is 11.3 Å². The molecule has 1 amide bonds. The molecule has 0 spiro atoms. The van der Waals surface area contributed by atoms with Gasteiger partial charge in [-0.15, -0.1) is 11.3 Å². The fraction of sp³-hybridized carbons (Fsp3) is 0.333. The summed E-state index contributed by atoms with van der Waals surface area (Å²) in [6, 6.07) is 5.76. The predicted octanol–water partition coefficient (Wildman–Crippen LogP) is 3.77. The first kappa shape index (κ1) is 18.3. The maximum atomic E-state index is 12.9. The molecule has 1 aromatic carbocycles. The van der Waals surface area contributed by atoms with E-state index in [9.17, 15) is 22.4 Å². The van der Waals surface area contributed by atoms with E-state index in [4.69, 9.17) is 0 Å². The van der Waals surface area contributed by atoms with Crippen molar-refractivity contribution in [3.05, 3.63) is 35.5 Å². The van der Waals surface area contributed by atoms with Crippen LogP contribution in [-0.4, -0.2) is 42.1 Å². The van der Waals surface area contributed by atoms with Crippen LogP contribution in [0.5, 0.6) is 0 Å². The number of rotatable bonds is 6. The molecule has 2 rings (SSSR count). The van der Waals surface area contributed by atoms with Gasteiger partial charge in [0.05, 0.1) is 18.7 Å². The molecule has 4 nitrogen and oxygen atoms in total. The third-order valence-electron chi connectivity index (χ3n) is 3.08. The number of likely N-dealkylation sites (N-methyl/N-ethyl adjacent to an activating group) is 1. The lowest BCUT2D eigenvalue weighted by Crippen LogP contribution is -2.32. The number of hydrogen-bond donors (Lipinski definition) is 1. The van der Waals surface area contributed by atoms with Crippen LogP contribution >= 0.6 is 11.3 Å². The number of hydrogen-bond acceptors (Lipinski definition) is 4. The minimum atomic E-state index is -4.25. The van der Waals surface area contributed by atoms with Crippen LogP contribution in [0.3, 0.4) is 0 Å². The number of nitrogens with one attached hydrogen (secondary N) is 1. The molecule has 0 aliphatic rings. The topological polar surface area (TPSA) is 45.2 Å². The van der Waals surface area contributed by atoms with Crippen LogP contribution in [0, 0.1) is 5.82 Å². The Morgan fingerprint density at radius 2 is 1.96 bits per heavy atom. The van der Waals surface area contributed by atoms with Crippen LogP contribution in [0.1, 0.15) is 6.42 Å². The van der Waals surface area contributed by atoms with Crippen molar-refractivity contribution in [1.29, 1.82) is 0 Å². The number of nitrogens with zero attached hydrogens (tertiary/aromatic N) is 2. The highest BCUT2D eigenvalue weighted by molar-refractivity contribution is 7.14. The highest BCUT2D eigenvalue weighted by atomic mass is 32.1. The SMILES string of the molecule is CN(CCC(F)(F)F)CC(=O)Nc1nc(-c2ccc(F)cc2)cs1. The number of amides is 1. The van der Waals surface area contributed by atoms with Gasteiger partial charge < -0.3 is 5.32 Å². The van der Waals surface area contributed by atoms with Crippen molar-refractivity contribution >= 4 is 22.4 Å². The van der Waals surface area contributed by atoms with Crippen LogP contribution in [0.25, 0.3) is 11.3 Å². The number of anilines is 1. The minimum Gasteiger partial charge on any atom is -0.301 e. The van der Waals surface area contributed by atoms with Crippen molar-refractivity contribution in [3.63, 3.8) is 0 Å². The van der Waals surface area contributed by atoms with E-state index in [0.717, 1.165) is 0 Å².